The molecule has 0 amide bonds. The fraction of sp³-hybridized carbons (Fsp3) is 0.292. The van der Waals surface area contributed by atoms with Crippen molar-refractivity contribution in [3.8, 4) is 5.75 Å². The van der Waals surface area contributed by atoms with Gasteiger partial charge in [-0.05, 0) is 48.6 Å². The van der Waals surface area contributed by atoms with Gasteiger partial charge in [-0.1, -0.05) is 48.9 Å². The highest BCUT2D eigenvalue weighted by molar-refractivity contribution is 7.85. The van der Waals surface area contributed by atoms with Crippen molar-refractivity contribution in [1.82, 2.24) is 4.98 Å². The Balaban J connectivity index is 1.37. The average Bonchev–Trinajstić information content (AvgIpc) is 3.22. The van der Waals surface area contributed by atoms with E-state index < -0.39 is 10.1 Å². The monoisotopic (exact) mass is 441 g/mol. The Morgan fingerprint density at radius 3 is 2.48 bits per heavy atom. The van der Waals surface area contributed by atoms with Crippen LogP contribution in [0.1, 0.15) is 42.0 Å². The van der Waals surface area contributed by atoms with Crippen LogP contribution >= 0.6 is 0 Å². The molecule has 0 saturated carbocycles. The molecule has 0 unspecified atom stereocenters. The number of hydrogen-bond donors (Lipinski definition) is 0. The number of aryl methyl sites for hydroxylation is 1. The van der Waals surface area contributed by atoms with Crippen molar-refractivity contribution in [2.45, 2.75) is 32.3 Å². The van der Waals surface area contributed by atoms with Crippen LogP contribution in [-0.2, 0) is 27.3 Å². The molecule has 1 heterocycles. The summed E-state index contributed by atoms with van der Waals surface area (Å²) in [5.74, 6) is 1.31. The lowest BCUT2D eigenvalue weighted by atomic mass is 10.1. The van der Waals surface area contributed by atoms with E-state index in [1.807, 2.05) is 66.7 Å². The number of oxazole rings is 1. The fourth-order valence-corrected chi connectivity index (χ4v) is 3.35. The first kappa shape index (κ1) is 22.8. The number of nitrogens with zero attached hydrogens (tertiary/aromatic N) is 1. The molecule has 0 aliphatic carbocycles. The summed E-state index contributed by atoms with van der Waals surface area (Å²) < 4.78 is 37.8. The van der Waals surface area contributed by atoms with Crippen LogP contribution in [0.3, 0.4) is 0 Å². The quantitative estimate of drug-likeness (QED) is 0.287. The number of rotatable bonds is 12. The molecule has 6 nitrogen and oxygen atoms in total. The summed E-state index contributed by atoms with van der Waals surface area (Å²) in [5.41, 5.74) is 3.03. The molecule has 0 aliphatic rings. The molecule has 0 spiro atoms. The highest BCUT2D eigenvalue weighted by Gasteiger charge is 2.04. The van der Waals surface area contributed by atoms with Crippen molar-refractivity contribution < 1.29 is 21.8 Å². The molecule has 7 heteroatoms. The Morgan fingerprint density at radius 2 is 1.74 bits per heavy atom. The predicted octanol–water partition coefficient (Wildman–Crippen LogP) is 5.11. The summed E-state index contributed by atoms with van der Waals surface area (Å²) in [7, 11) is -3.33. The van der Waals surface area contributed by atoms with Gasteiger partial charge in [0.1, 0.15) is 24.3 Å². The van der Waals surface area contributed by atoms with Crippen LogP contribution in [0.2, 0.25) is 0 Å². The van der Waals surface area contributed by atoms with Gasteiger partial charge in [-0.15, -0.1) is 0 Å². The molecule has 3 rings (SSSR count). The molecule has 1 aromatic heterocycles. The topological polar surface area (TPSA) is 78.6 Å². The van der Waals surface area contributed by atoms with Gasteiger partial charge < -0.3 is 9.15 Å². The lowest BCUT2D eigenvalue weighted by molar-refractivity contribution is 0.301. The molecular formula is C24H27NO5S. The maximum Gasteiger partial charge on any atom is 0.264 e. The number of benzene rings is 2. The molecule has 0 radical (unpaired) electrons. The lowest BCUT2D eigenvalue weighted by Gasteiger charge is -2.06. The van der Waals surface area contributed by atoms with Crippen LogP contribution in [-0.4, -0.2) is 26.3 Å². The number of unbranched alkanes of at least 4 members (excludes halogenated alkanes) is 2. The van der Waals surface area contributed by atoms with Crippen molar-refractivity contribution in [3.63, 3.8) is 0 Å². The largest absolute Gasteiger partial charge is 0.487 e. The summed E-state index contributed by atoms with van der Waals surface area (Å²) >= 11 is 0. The van der Waals surface area contributed by atoms with Crippen LogP contribution < -0.4 is 4.74 Å². The van der Waals surface area contributed by atoms with E-state index in [4.69, 9.17) is 13.3 Å². The van der Waals surface area contributed by atoms with Gasteiger partial charge in [0.25, 0.3) is 10.1 Å². The van der Waals surface area contributed by atoms with Crippen molar-refractivity contribution in [1.29, 1.82) is 0 Å². The first-order valence-corrected chi connectivity index (χ1v) is 12.0. The van der Waals surface area contributed by atoms with E-state index in [-0.39, 0.29) is 6.61 Å². The van der Waals surface area contributed by atoms with Gasteiger partial charge in [-0.25, -0.2) is 4.98 Å². The van der Waals surface area contributed by atoms with Gasteiger partial charge in [0.05, 0.1) is 12.9 Å². The van der Waals surface area contributed by atoms with Gasteiger partial charge >= 0.3 is 0 Å². The normalized spacial score (nSPS) is 11.8. The zero-order valence-electron chi connectivity index (χ0n) is 17.6. The third kappa shape index (κ3) is 8.78. The summed E-state index contributed by atoms with van der Waals surface area (Å²) in [6.45, 7) is 0.583. The molecule has 164 valence electrons. The summed E-state index contributed by atoms with van der Waals surface area (Å²) in [4.78, 5) is 4.41. The van der Waals surface area contributed by atoms with Crippen LogP contribution in [0.25, 0.3) is 12.2 Å². The number of aromatic nitrogens is 1. The van der Waals surface area contributed by atoms with Crippen molar-refractivity contribution in [3.05, 3.63) is 83.6 Å². The molecule has 0 saturated heterocycles. The second-order valence-electron chi connectivity index (χ2n) is 7.19. The van der Waals surface area contributed by atoms with Gasteiger partial charge in [0.2, 0.25) is 5.89 Å². The van der Waals surface area contributed by atoms with Crippen molar-refractivity contribution in [2.24, 2.45) is 0 Å². The molecule has 0 N–H and O–H groups in total. The Kier molecular flexibility index (Phi) is 8.44. The fourth-order valence-electron chi connectivity index (χ4n) is 2.93. The highest BCUT2D eigenvalue weighted by atomic mass is 32.2. The van der Waals surface area contributed by atoms with E-state index in [0.29, 0.717) is 12.5 Å². The third-order valence-corrected chi connectivity index (χ3v) is 5.10. The first-order chi connectivity index (χ1) is 15.0. The second-order valence-corrected chi connectivity index (χ2v) is 8.83. The smallest absolute Gasteiger partial charge is 0.264 e. The summed E-state index contributed by atoms with van der Waals surface area (Å²) in [6.07, 6.45) is 10.0. The zero-order chi connectivity index (χ0) is 21.9. The van der Waals surface area contributed by atoms with Gasteiger partial charge in [0.15, 0.2) is 0 Å². The molecule has 0 bridgehead atoms. The van der Waals surface area contributed by atoms with E-state index in [2.05, 4.69) is 4.98 Å². The Bertz CT molecular complexity index is 1060. The minimum absolute atomic E-state index is 0.247. The molecule has 2 aromatic carbocycles. The molecule has 0 aliphatic heterocycles. The number of ether oxygens (including phenoxy) is 1. The predicted molar refractivity (Wildman–Crippen MR) is 121 cm³/mol. The first-order valence-electron chi connectivity index (χ1n) is 10.2. The minimum Gasteiger partial charge on any atom is -0.487 e. The minimum atomic E-state index is -3.33. The van der Waals surface area contributed by atoms with E-state index in [9.17, 15) is 8.42 Å². The molecule has 3 aromatic rings. The maximum absolute atomic E-state index is 10.9. The highest BCUT2D eigenvalue weighted by Crippen LogP contribution is 2.16. The Morgan fingerprint density at radius 1 is 0.968 bits per heavy atom. The van der Waals surface area contributed by atoms with Crippen LogP contribution in [0.4, 0.5) is 0 Å². The van der Waals surface area contributed by atoms with Crippen LogP contribution in [0.15, 0.2) is 65.3 Å². The Hall–Kier alpha value is -2.90. The van der Waals surface area contributed by atoms with Gasteiger partial charge in [-0.2, -0.15) is 8.42 Å². The van der Waals surface area contributed by atoms with E-state index in [1.165, 1.54) is 5.56 Å². The maximum atomic E-state index is 10.9. The lowest BCUT2D eigenvalue weighted by Crippen LogP contribution is -2.04. The standard InChI is InChI=1S/C24H27NO5S/c1-31(26,27)30-17-7-3-6-10-21-11-14-23(15-12-21)28-18-22-19-29-24(25-22)16-13-20-8-4-2-5-9-20/h2,4-5,8-9,11-16,19H,3,6-7,10,17-18H2,1H3/b16-13+. The van der Waals surface area contributed by atoms with Crippen LogP contribution in [0, 0.1) is 0 Å². The summed E-state index contributed by atoms with van der Waals surface area (Å²) in [6, 6.07) is 17.9. The van der Waals surface area contributed by atoms with E-state index in [0.717, 1.165) is 48.9 Å². The molecule has 31 heavy (non-hydrogen) atoms. The molecule has 0 atom stereocenters. The summed E-state index contributed by atoms with van der Waals surface area (Å²) in [5, 5.41) is 0. The second kappa shape index (κ2) is 11.5. The zero-order valence-corrected chi connectivity index (χ0v) is 18.4. The SMILES string of the molecule is CS(=O)(=O)OCCCCCc1ccc(OCc2coc(/C=C/c3ccccc3)n2)cc1. The van der Waals surface area contributed by atoms with Gasteiger partial charge in [-0.3, -0.25) is 4.18 Å². The van der Waals surface area contributed by atoms with Crippen LogP contribution in [0.5, 0.6) is 5.75 Å². The molecular weight excluding hydrogens is 414 g/mol. The number of hydrogen-bond acceptors (Lipinski definition) is 6. The molecule has 0 fully saturated rings. The van der Waals surface area contributed by atoms with E-state index >= 15 is 0 Å². The van der Waals surface area contributed by atoms with Crippen molar-refractivity contribution in [2.75, 3.05) is 12.9 Å². The average molecular weight is 442 g/mol. The third-order valence-electron chi connectivity index (χ3n) is 4.50. The van der Waals surface area contributed by atoms with Gasteiger partial charge in [0, 0.05) is 6.08 Å². The van der Waals surface area contributed by atoms with E-state index in [1.54, 1.807) is 6.26 Å². The Labute approximate surface area is 183 Å². The van der Waals surface area contributed by atoms with Crippen molar-refractivity contribution >= 4 is 22.3 Å².